The van der Waals surface area contributed by atoms with E-state index in [4.69, 9.17) is 19.9 Å². The lowest BCUT2D eigenvalue weighted by atomic mass is 10.4. The number of nitrogen functional groups attached to an aromatic ring is 1. The van der Waals surface area contributed by atoms with Crippen LogP contribution in [0.5, 0.6) is 0 Å². The van der Waals surface area contributed by atoms with Crippen molar-refractivity contribution in [1.29, 1.82) is 0 Å². The van der Waals surface area contributed by atoms with Gasteiger partial charge in [0.25, 0.3) is 0 Å². The van der Waals surface area contributed by atoms with Crippen LogP contribution in [-0.2, 0) is 34.9 Å². The Balaban J connectivity index is 2.08. The van der Waals surface area contributed by atoms with E-state index in [-0.39, 0.29) is 32.1 Å². The predicted octanol–water partition coefficient (Wildman–Crippen LogP) is 1.26. The van der Waals surface area contributed by atoms with Gasteiger partial charge in [0.2, 0.25) is 13.4 Å². The second-order valence-corrected chi connectivity index (χ2v) is 9.95. The van der Waals surface area contributed by atoms with Crippen LogP contribution in [0.15, 0.2) is 19.0 Å². The molecule has 2 atom stereocenters. The average Bonchev–Trinajstić information content (AvgIpc) is 3.23. The number of nitrogens with two attached hydrogens (primary N) is 1. The maximum Gasteiger partial charge on any atom is 0.323 e. The zero-order valence-electron chi connectivity index (χ0n) is 21.0. The molecule has 200 valence electrons. The first-order chi connectivity index (χ1) is 17.1. The van der Waals surface area contributed by atoms with Crippen LogP contribution < -0.4 is 21.2 Å². The van der Waals surface area contributed by atoms with E-state index in [9.17, 15) is 14.2 Å². The average molecular weight is 527 g/mol. The standard InChI is InChI=1S/C21H35N8O6P/c1-6-9-23-17-16-18(26-21(22)25-17)29(12-24-16)10-11-33-13-36(32,27-14(4)19(30)34-7-2)28-15(5)20(31)35-8-3/h6,12,14-15H,1,7-11,13H2,2-5H3,(H2,27,28,32)(H3,22,23,25,26)/t14-,15-/m0/s1. The van der Waals surface area contributed by atoms with E-state index in [1.54, 1.807) is 30.8 Å². The summed E-state index contributed by atoms with van der Waals surface area (Å²) in [7, 11) is -3.58. The molecule has 0 bridgehead atoms. The van der Waals surface area contributed by atoms with Gasteiger partial charge in [0, 0.05) is 13.1 Å². The quantitative estimate of drug-likeness (QED) is 0.106. The maximum absolute atomic E-state index is 13.6. The number of carbonyl (C=O) groups is 2. The van der Waals surface area contributed by atoms with Crippen molar-refractivity contribution in [3.63, 3.8) is 0 Å². The molecule has 0 aromatic carbocycles. The first-order valence-corrected chi connectivity index (χ1v) is 13.4. The third kappa shape index (κ3) is 8.26. The van der Waals surface area contributed by atoms with Gasteiger partial charge in [-0.2, -0.15) is 9.97 Å². The van der Waals surface area contributed by atoms with Gasteiger partial charge in [-0.1, -0.05) is 6.08 Å². The van der Waals surface area contributed by atoms with Gasteiger partial charge in [0.15, 0.2) is 17.0 Å². The zero-order chi connectivity index (χ0) is 26.7. The lowest BCUT2D eigenvalue weighted by molar-refractivity contribution is -0.145. The van der Waals surface area contributed by atoms with E-state index in [1.165, 1.54) is 13.8 Å². The Morgan fingerprint density at radius 3 is 2.33 bits per heavy atom. The Bertz CT molecular complexity index is 1060. The molecule has 0 amide bonds. The van der Waals surface area contributed by atoms with Crippen LogP contribution in [0.3, 0.4) is 0 Å². The van der Waals surface area contributed by atoms with Gasteiger partial charge in [-0.05, 0) is 27.7 Å². The van der Waals surface area contributed by atoms with Gasteiger partial charge in [0.1, 0.15) is 18.4 Å². The van der Waals surface area contributed by atoms with Crippen LogP contribution in [0.2, 0.25) is 0 Å². The van der Waals surface area contributed by atoms with Gasteiger partial charge >= 0.3 is 11.9 Å². The summed E-state index contributed by atoms with van der Waals surface area (Å²) in [4.78, 5) is 36.9. The minimum Gasteiger partial charge on any atom is -0.465 e. The number of imidazole rings is 1. The maximum atomic E-state index is 13.6. The molecule has 36 heavy (non-hydrogen) atoms. The number of anilines is 2. The summed E-state index contributed by atoms with van der Waals surface area (Å²) in [6.45, 7) is 11.3. The number of ether oxygens (including phenoxy) is 3. The monoisotopic (exact) mass is 526 g/mol. The number of hydrogen-bond acceptors (Lipinski definition) is 11. The van der Waals surface area contributed by atoms with Crippen molar-refractivity contribution in [3.8, 4) is 0 Å². The minimum atomic E-state index is -3.58. The molecule has 14 nitrogen and oxygen atoms in total. The third-order valence-corrected chi connectivity index (χ3v) is 6.88. The number of fused-ring (bicyclic) bond motifs is 1. The van der Waals surface area contributed by atoms with E-state index in [1.807, 2.05) is 0 Å². The molecule has 2 aromatic heterocycles. The molecule has 0 aliphatic heterocycles. The highest BCUT2D eigenvalue weighted by atomic mass is 31.2. The summed E-state index contributed by atoms with van der Waals surface area (Å²) >= 11 is 0. The largest absolute Gasteiger partial charge is 0.465 e. The molecule has 2 rings (SSSR count). The smallest absolute Gasteiger partial charge is 0.323 e. The number of rotatable bonds is 16. The van der Waals surface area contributed by atoms with E-state index in [0.717, 1.165) is 0 Å². The highest BCUT2D eigenvalue weighted by Gasteiger charge is 2.32. The molecule has 5 N–H and O–H groups in total. The van der Waals surface area contributed by atoms with Crippen LogP contribution in [-0.4, -0.2) is 76.3 Å². The summed E-state index contributed by atoms with van der Waals surface area (Å²) in [6, 6.07) is -1.81. The molecule has 2 aromatic rings. The Hall–Kier alpha value is -3.06. The van der Waals surface area contributed by atoms with Crippen molar-refractivity contribution in [2.24, 2.45) is 0 Å². The Morgan fingerprint density at radius 2 is 1.78 bits per heavy atom. The molecule has 0 saturated heterocycles. The predicted molar refractivity (Wildman–Crippen MR) is 135 cm³/mol. The van der Waals surface area contributed by atoms with E-state index >= 15 is 0 Å². The Kier molecular flexibility index (Phi) is 11.2. The molecule has 0 spiro atoms. The van der Waals surface area contributed by atoms with Gasteiger partial charge in [-0.3, -0.25) is 14.2 Å². The zero-order valence-corrected chi connectivity index (χ0v) is 21.9. The van der Waals surface area contributed by atoms with Crippen molar-refractivity contribution < 1.29 is 28.4 Å². The number of nitrogens with zero attached hydrogens (tertiary/aromatic N) is 4. The van der Waals surface area contributed by atoms with Gasteiger partial charge in [-0.25, -0.2) is 15.2 Å². The highest BCUT2D eigenvalue weighted by molar-refractivity contribution is 7.59. The van der Waals surface area contributed by atoms with Crippen LogP contribution in [0.25, 0.3) is 11.2 Å². The fraction of sp³-hybridized carbons (Fsp3) is 0.571. The highest BCUT2D eigenvalue weighted by Crippen LogP contribution is 2.37. The molecular formula is C21H35N8O6P. The number of esters is 2. The first kappa shape index (κ1) is 29.2. The fourth-order valence-electron chi connectivity index (χ4n) is 3.15. The van der Waals surface area contributed by atoms with Crippen molar-refractivity contribution in [2.45, 2.75) is 46.3 Å². The Morgan fingerprint density at radius 1 is 1.17 bits per heavy atom. The van der Waals surface area contributed by atoms with E-state index < -0.39 is 31.5 Å². The van der Waals surface area contributed by atoms with Crippen molar-refractivity contribution in [1.82, 2.24) is 29.7 Å². The second-order valence-electron chi connectivity index (χ2n) is 7.69. The van der Waals surface area contributed by atoms with Gasteiger partial charge in [0.05, 0.1) is 26.1 Å². The molecule has 0 aliphatic carbocycles. The fourth-order valence-corrected chi connectivity index (χ4v) is 5.22. The first-order valence-electron chi connectivity index (χ1n) is 11.5. The molecule has 0 radical (unpaired) electrons. The molecule has 0 fully saturated rings. The van der Waals surface area contributed by atoms with Gasteiger partial charge < -0.3 is 29.8 Å². The van der Waals surface area contributed by atoms with Crippen molar-refractivity contribution >= 4 is 42.3 Å². The number of nitrogens with one attached hydrogen (secondary N) is 3. The summed E-state index contributed by atoms with van der Waals surface area (Å²) in [5.74, 6) is -0.593. The molecule has 0 saturated carbocycles. The lowest BCUT2D eigenvalue weighted by Crippen LogP contribution is -2.42. The molecular weight excluding hydrogens is 491 g/mol. The molecule has 0 unspecified atom stereocenters. The number of aromatic nitrogens is 4. The third-order valence-electron chi connectivity index (χ3n) is 4.73. The summed E-state index contributed by atoms with van der Waals surface area (Å²) in [5.41, 5.74) is 6.87. The number of hydrogen-bond donors (Lipinski definition) is 4. The summed E-state index contributed by atoms with van der Waals surface area (Å²) < 4.78 is 30.9. The Labute approximate surface area is 209 Å². The van der Waals surface area contributed by atoms with E-state index in [2.05, 4.69) is 37.0 Å². The van der Waals surface area contributed by atoms with E-state index in [0.29, 0.717) is 30.1 Å². The normalized spacial score (nSPS) is 13.2. The summed E-state index contributed by atoms with van der Waals surface area (Å²) in [5, 5.41) is 8.52. The van der Waals surface area contributed by atoms with Crippen LogP contribution in [0.1, 0.15) is 27.7 Å². The van der Waals surface area contributed by atoms with Crippen LogP contribution in [0, 0.1) is 0 Å². The van der Waals surface area contributed by atoms with Crippen LogP contribution in [0.4, 0.5) is 11.8 Å². The molecule has 15 heteroatoms. The SMILES string of the molecule is C=CCNc1nc(N)nc2c1ncn2CCOCP(=O)(N[C@@H](C)C(=O)OCC)N[C@@H](C)C(=O)OCC. The molecule has 0 aliphatic rings. The second kappa shape index (κ2) is 13.9. The van der Waals surface area contributed by atoms with Crippen molar-refractivity contribution in [3.05, 3.63) is 19.0 Å². The summed E-state index contributed by atoms with van der Waals surface area (Å²) in [6.07, 6.45) is 2.94. The van der Waals surface area contributed by atoms with Crippen LogP contribution >= 0.6 is 7.44 Å². The molecule has 2 heterocycles. The number of carbonyl (C=O) groups excluding carboxylic acids is 2. The topological polar surface area (TPSA) is 185 Å². The lowest BCUT2D eigenvalue weighted by Gasteiger charge is -2.26. The minimum absolute atomic E-state index is 0.0792. The van der Waals surface area contributed by atoms with Crippen molar-refractivity contribution in [2.75, 3.05) is 43.8 Å². The van der Waals surface area contributed by atoms with Gasteiger partial charge in [-0.15, -0.1) is 6.58 Å².